The zero-order chi connectivity index (χ0) is 20.3. The van der Waals surface area contributed by atoms with Gasteiger partial charge in [-0.25, -0.2) is 5.43 Å². The van der Waals surface area contributed by atoms with E-state index in [0.717, 1.165) is 11.3 Å². The monoisotopic (exact) mass is 380 g/mol. The molecule has 0 spiro atoms. The van der Waals surface area contributed by atoms with Crippen LogP contribution in [0, 0.1) is 24.0 Å². The number of nitrogens with one attached hydrogen (secondary N) is 1. The Bertz CT molecular complexity index is 1030. The minimum absolute atomic E-state index is 0.0738. The summed E-state index contributed by atoms with van der Waals surface area (Å²) in [6.07, 6.45) is 3.92. The van der Waals surface area contributed by atoms with Crippen molar-refractivity contribution in [3.8, 4) is 5.69 Å². The third-order valence-corrected chi connectivity index (χ3v) is 4.36. The van der Waals surface area contributed by atoms with Crippen LogP contribution in [-0.2, 0) is 11.3 Å². The SMILES string of the molecule is C/C(=N/NC(=O)Cn1nc(C)c([N+](=O)[O-])c1C)c1ccc(-n2cccc2)cc1. The standard InChI is InChI=1S/C19H20N6O3/c1-13(16-6-8-17(9-7-16)23-10-4-5-11-23)20-21-18(26)12-24-15(3)19(25(27)28)14(2)22-24/h4-11H,12H2,1-3H3,(H,21,26)/b20-13-. The maximum absolute atomic E-state index is 12.1. The van der Waals surface area contributed by atoms with Crippen molar-refractivity contribution in [2.75, 3.05) is 0 Å². The lowest BCUT2D eigenvalue weighted by Gasteiger charge is -2.06. The first kappa shape index (κ1) is 19.0. The van der Waals surface area contributed by atoms with Crippen molar-refractivity contribution in [1.82, 2.24) is 19.8 Å². The first-order chi connectivity index (χ1) is 13.4. The molecule has 3 aromatic rings. The molecule has 3 rings (SSSR count). The van der Waals surface area contributed by atoms with Gasteiger partial charge in [0.15, 0.2) is 0 Å². The molecule has 0 aliphatic rings. The topological polar surface area (TPSA) is 107 Å². The average molecular weight is 380 g/mol. The Morgan fingerprint density at radius 2 is 1.86 bits per heavy atom. The van der Waals surface area contributed by atoms with E-state index in [0.29, 0.717) is 11.4 Å². The second-order valence-corrected chi connectivity index (χ2v) is 6.30. The van der Waals surface area contributed by atoms with Gasteiger partial charge in [0.25, 0.3) is 5.91 Å². The van der Waals surface area contributed by atoms with Gasteiger partial charge in [-0.05, 0) is 50.6 Å². The van der Waals surface area contributed by atoms with Crippen LogP contribution in [-0.4, -0.2) is 30.9 Å². The molecule has 1 amide bonds. The number of hydrogen-bond acceptors (Lipinski definition) is 5. The summed E-state index contributed by atoms with van der Waals surface area (Å²) in [7, 11) is 0. The van der Waals surface area contributed by atoms with Gasteiger partial charge in [0, 0.05) is 18.1 Å². The number of amides is 1. The van der Waals surface area contributed by atoms with Gasteiger partial charge in [-0.1, -0.05) is 12.1 Å². The van der Waals surface area contributed by atoms with E-state index >= 15 is 0 Å². The lowest BCUT2D eigenvalue weighted by molar-refractivity contribution is -0.386. The summed E-state index contributed by atoms with van der Waals surface area (Å²) in [5.74, 6) is -0.413. The van der Waals surface area contributed by atoms with Gasteiger partial charge in [-0.3, -0.25) is 19.6 Å². The van der Waals surface area contributed by atoms with Crippen LogP contribution < -0.4 is 5.43 Å². The van der Waals surface area contributed by atoms with Crippen molar-refractivity contribution in [3.05, 3.63) is 75.9 Å². The summed E-state index contributed by atoms with van der Waals surface area (Å²) in [5, 5.41) is 19.2. The molecule has 0 aliphatic carbocycles. The Kier molecular flexibility index (Phi) is 5.35. The number of carbonyl (C=O) groups excluding carboxylic acids is 1. The maximum atomic E-state index is 12.1. The van der Waals surface area contributed by atoms with Crippen LogP contribution in [0.3, 0.4) is 0 Å². The minimum atomic E-state index is -0.494. The van der Waals surface area contributed by atoms with E-state index in [1.807, 2.05) is 53.4 Å². The van der Waals surface area contributed by atoms with E-state index in [1.165, 1.54) is 4.68 Å². The average Bonchev–Trinajstić information content (AvgIpc) is 3.28. The number of aromatic nitrogens is 3. The summed E-state index contributed by atoms with van der Waals surface area (Å²) < 4.78 is 3.30. The number of nitrogens with zero attached hydrogens (tertiary/aromatic N) is 5. The lowest BCUT2D eigenvalue weighted by atomic mass is 10.1. The van der Waals surface area contributed by atoms with Crippen LogP contribution in [0.4, 0.5) is 5.69 Å². The van der Waals surface area contributed by atoms with E-state index in [1.54, 1.807) is 20.8 Å². The molecular weight excluding hydrogens is 360 g/mol. The molecule has 0 fully saturated rings. The number of nitro groups is 1. The van der Waals surface area contributed by atoms with Crippen LogP contribution >= 0.6 is 0 Å². The normalized spacial score (nSPS) is 11.5. The number of hydrazone groups is 1. The largest absolute Gasteiger partial charge is 0.324 e. The van der Waals surface area contributed by atoms with Gasteiger partial charge in [-0.2, -0.15) is 10.2 Å². The van der Waals surface area contributed by atoms with E-state index < -0.39 is 10.8 Å². The van der Waals surface area contributed by atoms with Gasteiger partial charge in [0.1, 0.15) is 17.9 Å². The second kappa shape index (κ2) is 7.87. The van der Waals surface area contributed by atoms with Crippen LogP contribution in [0.1, 0.15) is 23.9 Å². The molecule has 1 N–H and O–H groups in total. The molecule has 1 aromatic carbocycles. The fourth-order valence-corrected chi connectivity index (χ4v) is 2.87. The Morgan fingerprint density at radius 1 is 1.21 bits per heavy atom. The van der Waals surface area contributed by atoms with Gasteiger partial charge in [-0.15, -0.1) is 0 Å². The second-order valence-electron chi connectivity index (χ2n) is 6.30. The van der Waals surface area contributed by atoms with Crippen molar-refractivity contribution < 1.29 is 9.72 Å². The predicted molar refractivity (Wildman–Crippen MR) is 104 cm³/mol. The smallest absolute Gasteiger partial charge is 0.312 e. The molecule has 28 heavy (non-hydrogen) atoms. The molecule has 0 unspecified atom stereocenters. The number of aryl methyl sites for hydroxylation is 1. The molecule has 0 bridgehead atoms. The maximum Gasteiger partial charge on any atom is 0.312 e. The first-order valence-corrected chi connectivity index (χ1v) is 8.62. The van der Waals surface area contributed by atoms with Crippen molar-refractivity contribution in [2.24, 2.45) is 5.10 Å². The molecule has 9 heteroatoms. The molecule has 0 saturated carbocycles. The van der Waals surface area contributed by atoms with E-state index in [9.17, 15) is 14.9 Å². The highest BCUT2D eigenvalue weighted by Gasteiger charge is 2.22. The van der Waals surface area contributed by atoms with Gasteiger partial charge in [0.2, 0.25) is 0 Å². The highest BCUT2D eigenvalue weighted by Crippen LogP contribution is 2.21. The molecule has 2 heterocycles. The Labute approximate surface area is 161 Å². The number of benzene rings is 1. The third-order valence-electron chi connectivity index (χ3n) is 4.36. The summed E-state index contributed by atoms with van der Waals surface area (Å²) in [6, 6.07) is 11.7. The van der Waals surface area contributed by atoms with Crippen molar-refractivity contribution in [1.29, 1.82) is 0 Å². The van der Waals surface area contributed by atoms with Gasteiger partial charge in [0.05, 0.1) is 10.6 Å². The minimum Gasteiger partial charge on any atom is -0.324 e. The van der Waals surface area contributed by atoms with E-state index in [-0.39, 0.29) is 17.9 Å². The number of hydrogen-bond donors (Lipinski definition) is 1. The van der Waals surface area contributed by atoms with Gasteiger partial charge >= 0.3 is 5.69 Å². The lowest BCUT2D eigenvalue weighted by Crippen LogP contribution is -2.25. The summed E-state index contributed by atoms with van der Waals surface area (Å²) in [6.45, 7) is 4.74. The van der Waals surface area contributed by atoms with Crippen molar-refractivity contribution in [2.45, 2.75) is 27.3 Å². The zero-order valence-electron chi connectivity index (χ0n) is 15.8. The van der Waals surface area contributed by atoms with E-state index in [4.69, 9.17) is 0 Å². The molecule has 0 saturated heterocycles. The third kappa shape index (κ3) is 3.98. The summed E-state index contributed by atoms with van der Waals surface area (Å²) in [4.78, 5) is 22.7. The first-order valence-electron chi connectivity index (χ1n) is 8.62. The van der Waals surface area contributed by atoms with Crippen LogP contribution in [0.25, 0.3) is 5.69 Å². The van der Waals surface area contributed by atoms with Gasteiger partial charge < -0.3 is 4.57 Å². The molecule has 0 radical (unpaired) electrons. The fraction of sp³-hybridized carbons (Fsp3) is 0.211. The summed E-state index contributed by atoms with van der Waals surface area (Å²) >= 11 is 0. The molecule has 0 atom stereocenters. The molecule has 9 nitrogen and oxygen atoms in total. The van der Waals surface area contributed by atoms with Crippen molar-refractivity contribution in [3.63, 3.8) is 0 Å². The summed E-state index contributed by atoms with van der Waals surface area (Å²) in [5.41, 5.74) is 5.55. The quantitative estimate of drug-likeness (QED) is 0.403. The van der Waals surface area contributed by atoms with E-state index in [2.05, 4.69) is 15.6 Å². The Balaban J connectivity index is 1.65. The Hall–Kier alpha value is -3.75. The zero-order valence-corrected chi connectivity index (χ0v) is 15.8. The van der Waals surface area contributed by atoms with Crippen LogP contribution in [0.15, 0.2) is 53.9 Å². The number of carbonyl (C=O) groups is 1. The highest BCUT2D eigenvalue weighted by molar-refractivity contribution is 5.99. The van der Waals surface area contributed by atoms with Crippen LogP contribution in [0.5, 0.6) is 0 Å². The fourth-order valence-electron chi connectivity index (χ4n) is 2.87. The highest BCUT2D eigenvalue weighted by atomic mass is 16.6. The molecular formula is C19H20N6O3. The predicted octanol–water partition coefficient (Wildman–Crippen LogP) is 2.74. The Morgan fingerprint density at radius 3 is 2.43 bits per heavy atom. The molecule has 0 aliphatic heterocycles. The molecule has 144 valence electrons. The number of rotatable bonds is 6. The molecule has 2 aromatic heterocycles. The van der Waals surface area contributed by atoms with Crippen LogP contribution in [0.2, 0.25) is 0 Å². The van der Waals surface area contributed by atoms with Crippen molar-refractivity contribution >= 4 is 17.3 Å².